The lowest BCUT2D eigenvalue weighted by molar-refractivity contribution is -0.135. The lowest BCUT2D eigenvalue weighted by Crippen LogP contribution is -2.19. The van der Waals surface area contributed by atoms with E-state index in [4.69, 9.17) is 0 Å². The highest BCUT2D eigenvalue weighted by molar-refractivity contribution is 9.10. The van der Waals surface area contributed by atoms with Crippen molar-refractivity contribution in [1.29, 1.82) is 0 Å². The van der Waals surface area contributed by atoms with Crippen LogP contribution in [0.1, 0.15) is 37.1 Å². The highest BCUT2D eigenvalue weighted by Gasteiger charge is 2.25. The Morgan fingerprint density at radius 1 is 1.41 bits per heavy atom. The molecular formula is C11H15BrF3NS. The van der Waals surface area contributed by atoms with Gasteiger partial charge in [-0.25, -0.2) is 0 Å². The molecule has 1 aromatic heterocycles. The molecule has 1 N–H and O–H groups in total. The van der Waals surface area contributed by atoms with Gasteiger partial charge in [-0.2, -0.15) is 13.2 Å². The molecule has 1 heterocycles. The van der Waals surface area contributed by atoms with E-state index in [1.165, 1.54) is 4.88 Å². The zero-order valence-corrected chi connectivity index (χ0v) is 11.9. The van der Waals surface area contributed by atoms with E-state index in [2.05, 4.69) is 21.2 Å². The molecule has 0 aromatic carbocycles. The number of halogens is 4. The van der Waals surface area contributed by atoms with E-state index in [9.17, 15) is 13.2 Å². The second-order valence-corrected chi connectivity index (χ2v) is 5.77. The molecule has 1 aromatic rings. The summed E-state index contributed by atoms with van der Waals surface area (Å²) in [7, 11) is 0. The molecule has 0 aliphatic carbocycles. The molecule has 1 atom stereocenters. The zero-order valence-electron chi connectivity index (χ0n) is 9.48. The first-order chi connectivity index (χ1) is 7.88. The lowest BCUT2D eigenvalue weighted by atomic mass is 10.2. The number of rotatable bonds is 6. The van der Waals surface area contributed by atoms with Gasteiger partial charge in [0.05, 0.1) is 0 Å². The van der Waals surface area contributed by atoms with Crippen molar-refractivity contribution in [1.82, 2.24) is 5.32 Å². The zero-order chi connectivity index (χ0) is 12.9. The largest absolute Gasteiger partial charge is 0.389 e. The Morgan fingerprint density at radius 3 is 2.65 bits per heavy atom. The number of alkyl halides is 3. The van der Waals surface area contributed by atoms with Crippen LogP contribution in [-0.4, -0.2) is 12.7 Å². The van der Waals surface area contributed by atoms with Gasteiger partial charge in [-0.1, -0.05) is 0 Å². The van der Waals surface area contributed by atoms with Gasteiger partial charge in [0.25, 0.3) is 0 Å². The van der Waals surface area contributed by atoms with Crippen LogP contribution < -0.4 is 5.32 Å². The molecule has 1 rings (SSSR count). The first kappa shape index (κ1) is 15.0. The fourth-order valence-corrected chi connectivity index (χ4v) is 2.90. The van der Waals surface area contributed by atoms with Crippen molar-refractivity contribution in [3.8, 4) is 0 Å². The molecule has 98 valence electrons. The first-order valence-corrected chi connectivity index (χ1v) is 7.10. The molecule has 0 aliphatic heterocycles. The third-order valence-corrected chi connectivity index (χ3v) is 4.23. The maximum atomic E-state index is 11.9. The summed E-state index contributed by atoms with van der Waals surface area (Å²) in [5.41, 5.74) is 0. The summed E-state index contributed by atoms with van der Waals surface area (Å²) in [6.45, 7) is 2.63. The molecule has 0 aliphatic rings. The van der Waals surface area contributed by atoms with Crippen molar-refractivity contribution in [2.24, 2.45) is 0 Å². The Labute approximate surface area is 112 Å². The van der Waals surface area contributed by atoms with E-state index in [1.807, 2.05) is 18.4 Å². The predicted molar refractivity (Wildman–Crippen MR) is 68.3 cm³/mol. The minimum atomic E-state index is -4.02. The van der Waals surface area contributed by atoms with Crippen molar-refractivity contribution < 1.29 is 13.2 Å². The molecule has 6 heteroatoms. The van der Waals surface area contributed by atoms with E-state index in [0.29, 0.717) is 13.0 Å². The number of thiophene rings is 1. The fourth-order valence-electron chi connectivity index (χ4n) is 1.42. The van der Waals surface area contributed by atoms with Crippen molar-refractivity contribution >= 4 is 27.3 Å². The molecule has 0 radical (unpaired) electrons. The van der Waals surface area contributed by atoms with E-state index >= 15 is 0 Å². The van der Waals surface area contributed by atoms with Gasteiger partial charge in [-0.15, -0.1) is 11.3 Å². The minimum absolute atomic E-state index is 0.192. The molecule has 0 fully saturated rings. The lowest BCUT2D eigenvalue weighted by Gasteiger charge is -2.12. The Morgan fingerprint density at radius 2 is 2.12 bits per heavy atom. The monoisotopic (exact) mass is 329 g/mol. The molecule has 0 saturated heterocycles. The normalized spacial score (nSPS) is 13.9. The first-order valence-electron chi connectivity index (χ1n) is 5.42. The van der Waals surface area contributed by atoms with Crippen molar-refractivity contribution in [2.75, 3.05) is 6.54 Å². The summed E-state index contributed by atoms with van der Waals surface area (Å²) >= 11 is 5.01. The van der Waals surface area contributed by atoms with Crippen molar-refractivity contribution in [3.05, 3.63) is 20.8 Å². The van der Waals surface area contributed by atoms with Gasteiger partial charge in [0.2, 0.25) is 0 Å². The van der Waals surface area contributed by atoms with Crippen LogP contribution in [0.4, 0.5) is 13.2 Å². The van der Waals surface area contributed by atoms with Crippen LogP contribution >= 0.6 is 27.3 Å². The molecule has 1 unspecified atom stereocenters. The van der Waals surface area contributed by atoms with E-state index in [1.54, 1.807) is 11.3 Å². The van der Waals surface area contributed by atoms with E-state index < -0.39 is 12.6 Å². The van der Waals surface area contributed by atoms with Gasteiger partial charge in [-0.05, 0) is 48.3 Å². The van der Waals surface area contributed by atoms with Gasteiger partial charge >= 0.3 is 6.18 Å². The van der Waals surface area contributed by atoms with Crippen LogP contribution in [0.25, 0.3) is 0 Å². The molecular weight excluding hydrogens is 315 g/mol. The number of unbranched alkanes of at least 4 members (excludes halogenated alkanes) is 1. The summed E-state index contributed by atoms with van der Waals surface area (Å²) < 4.78 is 36.7. The Bertz CT molecular complexity index is 338. The number of nitrogens with one attached hydrogen (secondary N) is 1. The average Bonchev–Trinajstić information content (AvgIpc) is 2.62. The Hall–Kier alpha value is -0.0700. The van der Waals surface area contributed by atoms with Crippen LogP contribution in [0.3, 0.4) is 0 Å². The van der Waals surface area contributed by atoms with Gasteiger partial charge < -0.3 is 5.32 Å². The molecule has 0 saturated carbocycles. The second kappa shape index (κ2) is 6.75. The third-order valence-electron chi connectivity index (χ3n) is 2.35. The maximum Gasteiger partial charge on any atom is 0.389 e. The second-order valence-electron chi connectivity index (χ2n) is 3.92. The van der Waals surface area contributed by atoms with Gasteiger partial charge in [-0.3, -0.25) is 0 Å². The van der Waals surface area contributed by atoms with Gasteiger partial charge in [0.15, 0.2) is 0 Å². The smallest absolute Gasteiger partial charge is 0.309 e. The predicted octanol–water partition coefficient (Wildman–Crippen LogP) is 4.89. The number of hydrogen-bond acceptors (Lipinski definition) is 2. The van der Waals surface area contributed by atoms with Crippen LogP contribution in [0.15, 0.2) is 15.9 Å². The molecule has 0 spiro atoms. The molecule has 1 nitrogen and oxygen atoms in total. The topological polar surface area (TPSA) is 12.0 Å². The Balaban J connectivity index is 2.15. The maximum absolute atomic E-state index is 11.9. The van der Waals surface area contributed by atoms with Gasteiger partial charge in [0, 0.05) is 27.2 Å². The van der Waals surface area contributed by atoms with Crippen molar-refractivity contribution in [2.45, 2.75) is 38.4 Å². The van der Waals surface area contributed by atoms with Crippen LogP contribution in [-0.2, 0) is 0 Å². The fraction of sp³-hybridized carbons (Fsp3) is 0.636. The summed E-state index contributed by atoms with van der Waals surface area (Å²) in [5.74, 6) is 0. The highest BCUT2D eigenvalue weighted by atomic mass is 79.9. The van der Waals surface area contributed by atoms with Crippen molar-refractivity contribution in [3.63, 3.8) is 0 Å². The molecule has 0 bridgehead atoms. The summed E-state index contributed by atoms with van der Waals surface area (Å²) in [6, 6.07) is 2.22. The minimum Gasteiger partial charge on any atom is -0.309 e. The number of hydrogen-bond donors (Lipinski definition) is 1. The summed E-state index contributed by atoms with van der Waals surface area (Å²) in [5, 5.41) is 5.22. The molecule has 17 heavy (non-hydrogen) atoms. The average molecular weight is 330 g/mol. The quantitative estimate of drug-likeness (QED) is 0.732. The van der Waals surface area contributed by atoms with Gasteiger partial charge in [0.1, 0.15) is 0 Å². The van der Waals surface area contributed by atoms with Crippen LogP contribution in [0.5, 0.6) is 0 Å². The van der Waals surface area contributed by atoms with Crippen LogP contribution in [0.2, 0.25) is 0 Å². The molecule has 0 amide bonds. The summed E-state index contributed by atoms with van der Waals surface area (Å²) in [4.78, 5) is 1.19. The Kier molecular flexibility index (Phi) is 5.95. The van der Waals surface area contributed by atoms with Crippen LogP contribution in [0, 0.1) is 0 Å². The SMILES string of the molecule is CC(NCCCCC(F)(F)F)c1cc(Br)cs1. The standard InChI is InChI=1S/C11H15BrF3NS/c1-8(10-6-9(12)7-17-10)16-5-3-2-4-11(13,14)15/h6-8,16H,2-5H2,1H3. The summed E-state index contributed by atoms with van der Waals surface area (Å²) in [6.07, 6.45) is -3.97. The van der Waals surface area contributed by atoms with E-state index in [0.717, 1.165) is 4.47 Å². The van der Waals surface area contributed by atoms with E-state index in [-0.39, 0.29) is 12.5 Å². The third kappa shape index (κ3) is 6.43. The highest BCUT2D eigenvalue weighted by Crippen LogP contribution is 2.25.